The number of hydrogen-bond donors (Lipinski definition) is 0. The van der Waals surface area contributed by atoms with Gasteiger partial charge in [0.2, 0.25) is 0 Å². The molecule has 0 spiro atoms. The lowest BCUT2D eigenvalue weighted by Gasteiger charge is -2.36. The third-order valence-electron chi connectivity index (χ3n) is 10.6. The molecule has 2 aliphatic heterocycles. The van der Waals surface area contributed by atoms with Crippen LogP contribution in [0.1, 0.15) is 0 Å². The average molecular weight is 795 g/mol. The summed E-state index contributed by atoms with van der Waals surface area (Å²) in [5.74, 6) is 1.63. The molecule has 0 radical (unpaired) electrons. The van der Waals surface area contributed by atoms with Gasteiger partial charge in [-0.05, 0) is 119 Å². The molecule has 0 fully saturated rings. The van der Waals surface area contributed by atoms with Crippen molar-refractivity contribution in [3.8, 4) is 22.3 Å². The van der Waals surface area contributed by atoms with E-state index in [-0.39, 0.29) is 0 Å². The van der Waals surface area contributed by atoms with Crippen LogP contribution in [0.4, 0.5) is 51.4 Å². The maximum absolute atomic E-state index is 5.65. The van der Waals surface area contributed by atoms with E-state index in [2.05, 4.69) is 182 Å². The summed E-state index contributed by atoms with van der Waals surface area (Å²) in [7, 11) is 0. The highest BCUT2D eigenvalue weighted by Gasteiger charge is 2.30. The summed E-state index contributed by atoms with van der Waals surface area (Å²) in [6, 6.07) is 64.7. The molecular formula is C51H34N6S2. The highest BCUT2D eigenvalue weighted by Crippen LogP contribution is 2.55. The molecule has 0 saturated carbocycles. The van der Waals surface area contributed by atoms with E-state index in [1.807, 2.05) is 49.1 Å². The first-order valence-corrected chi connectivity index (χ1v) is 21.0. The van der Waals surface area contributed by atoms with Crippen molar-refractivity contribution >= 4 is 75.0 Å². The Bertz CT molecular complexity index is 2670. The Morgan fingerprint density at radius 2 is 0.661 bits per heavy atom. The van der Waals surface area contributed by atoms with Crippen molar-refractivity contribution in [1.82, 2.24) is 15.0 Å². The molecule has 0 bridgehead atoms. The van der Waals surface area contributed by atoms with Crippen molar-refractivity contribution in [2.45, 2.75) is 19.6 Å². The van der Waals surface area contributed by atoms with Crippen molar-refractivity contribution in [3.63, 3.8) is 0 Å². The minimum Gasteiger partial charge on any atom is -0.310 e. The quantitative estimate of drug-likeness (QED) is 0.158. The molecule has 0 unspecified atom stereocenters. The van der Waals surface area contributed by atoms with E-state index in [0.717, 1.165) is 73.7 Å². The van der Waals surface area contributed by atoms with Gasteiger partial charge in [-0.2, -0.15) is 0 Å². The SMILES string of the molecule is c1ccc2c(c1)Sc1ccccc1N2c1cc(N(c2ccc(-c3ccncc3)cc2)c2ccc(-c3ccncc3)cc2)cc(N2c3ccccc3Sc3ccccc32)n1. The highest BCUT2D eigenvalue weighted by molar-refractivity contribution is 8.00. The summed E-state index contributed by atoms with van der Waals surface area (Å²) < 4.78 is 0. The van der Waals surface area contributed by atoms with Gasteiger partial charge in [-0.1, -0.05) is 96.3 Å². The zero-order valence-corrected chi connectivity index (χ0v) is 33.3. The van der Waals surface area contributed by atoms with Gasteiger partial charge in [0.25, 0.3) is 0 Å². The van der Waals surface area contributed by atoms with Gasteiger partial charge >= 0.3 is 0 Å². The van der Waals surface area contributed by atoms with Crippen LogP contribution in [-0.4, -0.2) is 15.0 Å². The Labute approximate surface area is 351 Å². The Balaban J connectivity index is 1.16. The molecule has 2 aliphatic rings. The van der Waals surface area contributed by atoms with Crippen LogP contribution < -0.4 is 14.7 Å². The second kappa shape index (κ2) is 15.0. The van der Waals surface area contributed by atoms with Gasteiger partial charge in [-0.25, -0.2) is 4.98 Å². The molecule has 59 heavy (non-hydrogen) atoms. The van der Waals surface area contributed by atoms with Crippen molar-refractivity contribution < 1.29 is 0 Å². The summed E-state index contributed by atoms with van der Waals surface area (Å²) in [5.41, 5.74) is 11.9. The number of pyridine rings is 3. The third-order valence-corrected chi connectivity index (χ3v) is 12.9. The first-order chi connectivity index (χ1) is 29.2. The Morgan fingerprint density at radius 3 is 1.02 bits per heavy atom. The molecule has 6 nitrogen and oxygen atoms in total. The third kappa shape index (κ3) is 6.49. The van der Waals surface area contributed by atoms with E-state index in [4.69, 9.17) is 4.98 Å². The number of benzene rings is 6. The fourth-order valence-corrected chi connectivity index (χ4v) is 10.0. The highest BCUT2D eigenvalue weighted by atomic mass is 32.2. The van der Waals surface area contributed by atoms with E-state index in [1.165, 1.54) is 19.6 Å². The van der Waals surface area contributed by atoms with Gasteiger partial charge in [0, 0.05) is 67.9 Å². The first-order valence-electron chi connectivity index (χ1n) is 19.4. The van der Waals surface area contributed by atoms with Crippen LogP contribution in [0, 0.1) is 0 Å². The molecule has 6 aromatic carbocycles. The zero-order valence-electron chi connectivity index (χ0n) is 31.6. The van der Waals surface area contributed by atoms with Crippen LogP contribution in [0.3, 0.4) is 0 Å². The van der Waals surface area contributed by atoms with Gasteiger partial charge < -0.3 is 4.90 Å². The summed E-state index contributed by atoms with van der Waals surface area (Å²) >= 11 is 3.59. The molecule has 3 aromatic heterocycles. The lowest BCUT2D eigenvalue weighted by molar-refractivity contribution is 1.07. The number of aromatic nitrogens is 3. The maximum atomic E-state index is 5.65. The summed E-state index contributed by atoms with van der Waals surface area (Å²) in [4.78, 5) is 25.8. The molecule has 280 valence electrons. The topological polar surface area (TPSA) is 48.4 Å². The number of rotatable bonds is 7. The minimum absolute atomic E-state index is 0.817. The number of anilines is 9. The molecule has 0 aliphatic carbocycles. The number of para-hydroxylation sites is 4. The van der Waals surface area contributed by atoms with Crippen molar-refractivity contribution in [3.05, 3.63) is 207 Å². The van der Waals surface area contributed by atoms with E-state index in [1.54, 1.807) is 23.5 Å². The lowest BCUT2D eigenvalue weighted by atomic mass is 10.0. The van der Waals surface area contributed by atoms with Gasteiger partial charge in [0.05, 0.1) is 28.4 Å². The van der Waals surface area contributed by atoms with E-state index >= 15 is 0 Å². The Morgan fingerprint density at radius 1 is 0.339 bits per heavy atom. The summed E-state index contributed by atoms with van der Waals surface area (Å²) in [6.45, 7) is 0. The lowest BCUT2D eigenvalue weighted by Crippen LogP contribution is -2.21. The smallest absolute Gasteiger partial charge is 0.142 e. The van der Waals surface area contributed by atoms with Gasteiger partial charge in [0.1, 0.15) is 11.6 Å². The molecule has 11 rings (SSSR count). The number of nitrogens with zero attached hydrogens (tertiary/aromatic N) is 6. The summed E-state index contributed by atoms with van der Waals surface area (Å²) in [6.07, 6.45) is 7.35. The predicted octanol–water partition coefficient (Wildman–Crippen LogP) is 14.5. The fourth-order valence-electron chi connectivity index (χ4n) is 7.89. The van der Waals surface area contributed by atoms with Crippen molar-refractivity contribution in [2.75, 3.05) is 14.7 Å². The Kier molecular flexibility index (Phi) is 8.91. The molecule has 0 N–H and O–H groups in total. The van der Waals surface area contributed by atoms with Crippen LogP contribution in [0.2, 0.25) is 0 Å². The molecule has 8 heteroatoms. The Hall–Kier alpha value is -7.13. The molecule has 0 saturated heterocycles. The van der Waals surface area contributed by atoms with Crippen LogP contribution in [0.25, 0.3) is 22.3 Å². The zero-order chi connectivity index (χ0) is 39.1. The monoisotopic (exact) mass is 794 g/mol. The van der Waals surface area contributed by atoms with Crippen LogP contribution >= 0.6 is 23.5 Å². The second-order valence-corrected chi connectivity index (χ2v) is 16.4. The fraction of sp³-hybridized carbons (Fsp3) is 0. The predicted molar refractivity (Wildman–Crippen MR) is 243 cm³/mol. The molecular weight excluding hydrogens is 761 g/mol. The van der Waals surface area contributed by atoms with Crippen molar-refractivity contribution in [2.24, 2.45) is 0 Å². The van der Waals surface area contributed by atoms with Crippen LogP contribution in [-0.2, 0) is 0 Å². The standard InChI is InChI=1S/C51H34N6S2/c1-5-13-46-42(9-1)56(43-10-2-6-14-47(43)58-46)50-33-41(34-51(54-50)57-44-11-3-7-15-48(44)59-49-16-8-4-12-45(49)57)55(39-21-17-35(18-22-39)37-25-29-52-30-26-37)40-23-19-36(20-24-40)38-27-31-53-32-28-38/h1-34H. The van der Waals surface area contributed by atoms with Gasteiger partial charge in [0.15, 0.2) is 0 Å². The first kappa shape index (κ1) is 35.1. The molecule has 0 atom stereocenters. The minimum atomic E-state index is 0.817. The second-order valence-electron chi connectivity index (χ2n) is 14.2. The molecule has 0 amide bonds. The van der Waals surface area contributed by atoms with Gasteiger partial charge in [-0.15, -0.1) is 0 Å². The van der Waals surface area contributed by atoms with Crippen LogP contribution in [0.15, 0.2) is 226 Å². The average Bonchev–Trinajstić information content (AvgIpc) is 3.31. The molecule has 5 heterocycles. The number of fused-ring (bicyclic) bond motifs is 4. The summed E-state index contributed by atoms with van der Waals surface area (Å²) in [5, 5.41) is 0. The normalized spacial score (nSPS) is 12.5. The van der Waals surface area contributed by atoms with E-state index < -0.39 is 0 Å². The van der Waals surface area contributed by atoms with Gasteiger partial charge in [-0.3, -0.25) is 19.8 Å². The molecule has 9 aromatic rings. The van der Waals surface area contributed by atoms with Crippen LogP contribution in [0.5, 0.6) is 0 Å². The van der Waals surface area contributed by atoms with E-state index in [9.17, 15) is 0 Å². The van der Waals surface area contributed by atoms with E-state index in [0.29, 0.717) is 0 Å². The largest absolute Gasteiger partial charge is 0.310 e. The number of hydrogen-bond acceptors (Lipinski definition) is 8. The van der Waals surface area contributed by atoms with Crippen molar-refractivity contribution in [1.29, 1.82) is 0 Å². The maximum Gasteiger partial charge on any atom is 0.142 e.